The van der Waals surface area contributed by atoms with Crippen molar-refractivity contribution >= 4 is 5.71 Å². The van der Waals surface area contributed by atoms with Crippen molar-refractivity contribution in [2.75, 3.05) is 7.05 Å². The molecule has 0 bridgehead atoms. The molecule has 0 fully saturated rings. The molecular formula is C19H17NO. The molecule has 0 amide bonds. The summed E-state index contributed by atoms with van der Waals surface area (Å²) in [6, 6.07) is 18.2. The van der Waals surface area contributed by atoms with Crippen LogP contribution in [0.1, 0.15) is 5.56 Å². The van der Waals surface area contributed by atoms with Crippen LogP contribution in [0, 0.1) is 0 Å². The number of aliphatic imine (C=N–C) groups is 1. The maximum atomic E-state index is 10.7. The summed E-state index contributed by atoms with van der Waals surface area (Å²) in [5, 5.41) is 10.7. The van der Waals surface area contributed by atoms with Gasteiger partial charge < -0.3 is 5.11 Å². The standard InChI is InChI=1S/C19H17NO/c1-20-18-11-13-19(21,14-12-18)17-9-7-16(8-10-17)15-5-3-2-4-6-15/h2-14,21H,1H3. The van der Waals surface area contributed by atoms with E-state index in [0.29, 0.717) is 0 Å². The van der Waals surface area contributed by atoms with Gasteiger partial charge in [-0.25, -0.2) is 0 Å². The number of hydrogen-bond acceptors (Lipinski definition) is 2. The van der Waals surface area contributed by atoms with Gasteiger partial charge >= 0.3 is 0 Å². The molecule has 0 atom stereocenters. The first-order valence-corrected chi connectivity index (χ1v) is 6.95. The minimum Gasteiger partial charge on any atom is -0.377 e. The summed E-state index contributed by atoms with van der Waals surface area (Å²) in [6.07, 6.45) is 7.22. The molecular weight excluding hydrogens is 258 g/mol. The third-order valence-electron chi connectivity index (χ3n) is 3.73. The van der Waals surface area contributed by atoms with E-state index in [1.54, 1.807) is 19.2 Å². The zero-order valence-corrected chi connectivity index (χ0v) is 11.9. The minimum atomic E-state index is -1.05. The zero-order chi connectivity index (χ0) is 14.7. The highest BCUT2D eigenvalue weighted by molar-refractivity contribution is 6.05. The van der Waals surface area contributed by atoms with E-state index in [0.717, 1.165) is 16.8 Å². The Morgan fingerprint density at radius 1 is 0.810 bits per heavy atom. The largest absolute Gasteiger partial charge is 0.377 e. The second kappa shape index (κ2) is 5.51. The summed E-state index contributed by atoms with van der Waals surface area (Å²) in [5.74, 6) is 0. The van der Waals surface area contributed by atoms with Crippen molar-refractivity contribution in [1.82, 2.24) is 0 Å². The predicted octanol–water partition coefficient (Wildman–Crippen LogP) is 3.74. The monoisotopic (exact) mass is 275 g/mol. The van der Waals surface area contributed by atoms with Gasteiger partial charge in [-0.05, 0) is 41.0 Å². The Morgan fingerprint density at radius 3 is 1.95 bits per heavy atom. The van der Waals surface area contributed by atoms with Crippen molar-refractivity contribution in [1.29, 1.82) is 0 Å². The van der Waals surface area contributed by atoms with E-state index in [9.17, 15) is 5.11 Å². The number of nitrogens with zero attached hydrogens (tertiary/aromatic N) is 1. The van der Waals surface area contributed by atoms with Crippen molar-refractivity contribution in [3.63, 3.8) is 0 Å². The van der Waals surface area contributed by atoms with Crippen molar-refractivity contribution in [3.8, 4) is 11.1 Å². The van der Waals surface area contributed by atoms with Gasteiger partial charge in [0.15, 0.2) is 0 Å². The third-order valence-corrected chi connectivity index (χ3v) is 3.73. The van der Waals surface area contributed by atoms with E-state index in [-0.39, 0.29) is 0 Å². The Morgan fingerprint density at radius 2 is 1.38 bits per heavy atom. The van der Waals surface area contributed by atoms with Gasteiger partial charge in [0.25, 0.3) is 0 Å². The van der Waals surface area contributed by atoms with E-state index >= 15 is 0 Å². The van der Waals surface area contributed by atoms with Gasteiger partial charge in [-0.15, -0.1) is 0 Å². The fraction of sp³-hybridized carbons (Fsp3) is 0.105. The Bertz CT molecular complexity index is 693. The average Bonchev–Trinajstić information content (AvgIpc) is 2.57. The molecule has 3 rings (SSSR count). The number of allylic oxidation sites excluding steroid dienone is 2. The summed E-state index contributed by atoms with van der Waals surface area (Å²) in [5.41, 5.74) is 2.97. The van der Waals surface area contributed by atoms with E-state index in [1.807, 2.05) is 54.6 Å². The molecule has 1 aliphatic carbocycles. The van der Waals surface area contributed by atoms with Crippen molar-refractivity contribution < 1.29 is 5.11 Å². The van der Waals surface area contributed by atoms with Crippen LogP contribution in [0.4, 0.5) is 0 Å². The molecule has 0 saturated carbocycles. The lowest BCUT2D eigenvalue weighted by Crippen LogP contribution is -2.22. The highest BCUT2D eigenvalue weighted by Crippen LogP contribution is 2.29. The van der Waals surface area contributed by atoms with Gasteiger partial charge in [0.05, 0.1) is 5.71 Å². The molecule has 0 heterocycles. The molecule has 2 nitrogen and oxygen atoms in total. The van der Waals surface area contributed by atoms with E-state index < -0.39 is 5.60 Å². The van der Waals surface area contributed by atoms with E-state index in [2.05, 4.69) is 17.1 Å². The molecule has 2 heteroatoms. The lowest BCUT2D eigenvalue weighted by molar-refractivity contribution is 0.143. The zero-order valence-electron chi connectivity index (χ0n) is 11.9. The maximum absolute atomic E-state index is 10.7. The quantitative estimate of drug-likeness (QED) is 0.889. The van der Waals surface area contributed by atoms with Crippen molar-refractivity contribution in [2.24, 2.45) is 4.99 Å². The minimum absolute atomic E-state index is 0.852. The molecule has 104 valence electrons. The fourth-order valence-corrected chi connectivity index (χ4v) is 2.44. The first-order chi connectivity index (χ1) is 10.2. The Hall–Kier alpha value is -2.45. The van der Waals surface area contributed by atoms with Crippen LogP contribution in [-0.2, 0) is 5.60 Å². The van der Waals surface area contributed by atoms with Gasteiger partial charge in [-0.3, -0.25) is 4.99 Å². The molecule has 0 radical (unpaired) electrons. The Labute approximate surface area is 124 Å². The predicted molar refractivity (Wildman–Crippen MR) is 87.4 cm³/mol. The number of hydrogen-bond donors (Lipinski definition) is 1. The first-order valence-electron chi connectivity index (χ1n) is 6.95. The summed E-state index contributed by atoms with van der Waals surface area (Å²) in [6.45, 7) is 0. The molecule has 0 aliphatic heterocycles. The molecule has 0 saturated heterocycles. The van der Waals surface area contributed by atoms with Gasteiger partial charge in [-0.1, -0.05) is 54.6 Å². The van der Waals surface area contributed by atoms with Gasteiger partial charge in [0.2, 0.25) is 0 Å². The van der Waals surface area contributed by atoms with Crippen LogP contribution in [0.5, 0.6) is 0 Å². The van der Waals surface area contributed by atoms with E-state index in [4.69, 9.17) is 0 Å². The van der Waals surface area contributed by atoms with Gasteiger partial charge in [0, 0.05) is 7.05 Å². The SMILES string of the molecule is CN=C1C=CC(O)(c2ccc(-c3ccccc3)cc2)C=C1. The molecule has 21 heavy (non-hydrogen) atoms. The topological polar surface area (TPSA) is 32.6 Å². The number of aliphatic hydroxyl groups is 1. The van der Waals surface area contributed by atoms with Crippen LogP contribution < -0.4 is 0 Å². The normalized spacial score (nSPS) is 20.6. The smallest absolute Gasteiger partial charge is 0.127 e. The molecule has 0 unspecified atom stereocenters. The average molecular weight is 275 g/mol. The molecule has 0 spiro atoms. The summed E-state index contributed by atoms with van der Waals surface area (Å²) in [4.78, 5) is 4.09. The Kier molecular flexibility index (Phi) is 3.55. The number of rotatable bonds is 2. The lowest BCUT2D eigenvalue weighted by Gasteiger charge is -2.24. The van der Waals surface area contributed by atoms with Crippen LogP contribution in [0.3, 0.4) is 0 Å². The fourth-order valence-electron chi connectivity index (χ4n) is 2.44. The van der Waals surface area contributed by atoms with E-state index in [1.165, 1.54) is 5.56 Å². The molecule has 2 aromatic carbocycles. The second-order valence-electron chi connectivity index (χ2n) is 5.08. The van der Waals surface area contributed by atoms with Crippen molar-refractivity contribution in [3.05, 3.63) is 84.5 Å². The van der Waals surface area contributed by atoms with Crippen molar-refractivity contribution in [2.45, 2.75) is 5.60 Å². The molecule has 1 aliphatic rings. The maximum Gasteiger partial charge on any atom is 0.127 e. The highest BCUT2D eigenvalue weighted by Gasteiger charge is 2.24. The molecule has 0 aromatic heterocycles. The number of benzene rings is 2. The van der Waals surface area contributed by atoms with Crippen LogP contribution >= 0.6 is 0 Å². The van der Waals surface area contributed by atoms with Crippen LogP contribution in [-0.4, -0.2) is 17.9 Å². The van der Waals surface area contributed by atoms with Crippen LogP contribution in [0.15, 0.2) is 83.9 Å². The van der Waals surface area contributed by atoms with Gasteiger partial charge in [-0.2, -0.15) is 0 Å². The summed E-state index contributed by atoms with van der Waals surface area (Å²) in [7, 11) is 1.74. The lowest BCUT2D eigenvalue weighted by atomic mass is 9.88. The third kappa shape index (κ3) is 2.71. The van der Waals surface area contributed by atoms with Gasteiger partial charge in [0.1, 0.15) is 5.60 Å². The second-order valence-corrected chi connectivity index (χ2v) is 5.08. The molecule has 2 aromatic rings. The summed E-state index contributed by atoms with van der Waals surface area (Å²) >= 11 is 0. The first kappa shape index (κ1) is 13.5. The van der Waals surface area contributed by atoms with Crippen LogP contribution in [0.2, 0.25) is 0 Å². The Balaban J connectivity index is 1.90. The summed E-state index contributed by atoms with van der Waals surface area (Å²) < 4.78 is 0. The van der Waals surface area contributed by atoms with Crippen LogP contribution in [0.25, 0.3) is 11.1 Å². The highest BCUT2D eigenvalue weighted by atomic mass is 16.3. The molecule has 1 N–H and O–H groups in total.